The summed E-state index contributed by atoms with van der Waals surface area (Å²) in [4.78, 5) is 78.6. The van der Waals surface area contributed by atoms with Gasteiger partial charge in [-0.15, -0.1) is 0 Å². The molecule has 85 heavy (non-hydrogen) atoms. The molecule has 0 radical (unpaired) electrons. The summed E-state index contributed by atoms with van der Waals surface area (Å²) >= 11 is 0. The maximum absolute atomic E-state index is 12.7. The largest absolute Gasteiger partial charge is 0.444 e. The third-order valence-corrected chi connectivity index (χ3v) is 16.4. The fourth-order valence-corrected chi connectivity index (χ4v) is 12.1. The lowest BCUT2D eigenvalue weighted by atomic mass is 9.77. The Labute approximate surface area is 502 Å². The third-order valence-electron chi connectivity index (χ3n) is 16.4. The van der Waals surface area contributed by atoms with Crippen LogP contribution in [-0.2, 0) is 28.7 Å². The molecule has 4 aliphatic heterocycles. The van der Waals surface area contributed by atoms with Gasteiger partial charge in [-0.3, -0.25) is 19.2 Å². The van der Waals surface area contributed by atoms with Gasteiger partial charge in [0.1, 0.15) is 23.3 Å². The first-order chi connectivity index (χ1) is 40.0. The normalized spacial score (nSPS) is 26.2. The minimum atomic E-state index is -4.21. The fourth-order valence-electron chi connectivity index (χ4n) is 12.1. The molecule has 6 amide bonds. The molecule has 4 aliphatic rings. The van der Waals surface area contributed by atoms with Crippen LogP contribution in [0.1, 0.15) is 174 Å². The van der Waals surface area contributed by atoms with E-state index in [1.165, 1.54) is 11.1 Å². The highest BCUT2D eigenvalue weighted by Gasteiger charge is 2.43. The molecule has 4 fully saturated rings. The average Bonchev–Trinajstić information content (AvgIpc) is 2.44. The SMILES string of the molecule is CCN1C(=O)C(CCC(F)(F)F)C[C@@H](c2ccccc2)[C@H]1C.CCN1C(=O)C(N)C[C@@H](c2ccccc2)[C@H]1C.CCN1C(=O)C(NC(=O)OC(C)(C)C)C[C@@H](c2ccccc2)[C@H]1C.C[C@H]1NC(=O)C(NC(=O)OC(C)(C)C)C[C@H]1c1ccccc1. The molecule has 12 atom stereocenters. The summed E-state index contributed by atoms with van der Waals surface area (Å²) in [5, 5.41) is 8.37. The highest BCUT2D eigenvalue weighted by atomic mass is 19.4. The van der Waals surface area contributed by atoms with Gasteiger partial charge in [0, 0.05) is 79.8 Å². The van der Waals surface area contributed by atoms with E-state index in [9.17, 15) is 41.9 Å². The van der Waals surface area contributed by atoms with Crippen LogP contribution in [-0.4, -0.2) is 130 Å². The Balaban J connectivity index is 0.000000208. The maximum Gasteiger partial charge on any atom is 0.408 e. The molecule has 4 unspecified atom stereocenters. The van der Waals surface area contributed by atoms with Crippen molar-refractivity contribution in [3.05, 3.63) is 144 Å². The predicted molar refractivity (Wildman–Crippen MR) is 326 cm³/mol. The molecular weight excluding hydrogens is 1090 g/mol. The average molecular weight is 1180 g/mol. The summed E-state index contributed by atoms with van der Waals surface area (Å²) in [5.41, 5.74) is 9.50. The van der Waals surface area contributed by atoms with Crippen molar-refractivity contribution in [1.82, 2.24) is 30.7 Å². The molecule has 5 N–H and O–H groups in total. The van der Waals surface area contributed by atoms with Crippen molar-refractivity contribution in [2.75, 3.05) is 19.6 Å². The molecule has 4 saturated heterocycles. The number of benzene rings is 4. The van der Waals surface area contributed by atoms with Gasteiger partial charge in [-0.05, 0) is 144 Å². The number of hydrogen-bond acceptors (Lipinski definition) is 9. The first-order valence-electron chi connectivity index (χ1n) is 30.2. The number of likely N-dealkylation sites (N-methyl/N-ethyl adjacent to an activating group) is 3. The van der Waals surface area contributed by atoms with Crippen LogP contribution in [0.25, 0.3) is 0 Å². The summed E-state index contributed by atoms with van der Waals surface area (Å²) in [5.74, 6) is 0.0127. The maximum atomic E-state index is 12.7. The lowest BCUT2D eigenvalue weighted by Gasteiger charge is -2.43. The quantitative estimate of drug-likeness (QED) is 0.113. The zero-order valence-corrected chi connectivity index (χ0v) is 52.2. The van der Waals surface area contributed by atoms with Crippen LogP contribution in [0.4, 0.5) is 22.8 Å². The molecule has 4 aromatic rings. The Morgan fingerprint density at radius 2 is 0.859 bits per heavy atom. The summed E-state index contributed by atoms with van der Waals surface area (Å²) in [6.45, 7) is 26.7. The third kappa shape index (κ3) is 20.1. The van der Waals surface area contributed by atoms with Crippen molar-refractivity contribution in [2.45, 2.75) is 212 Å². The van der Waals surface area contributed by atoms with Gasteiger partial charge < -0.3 is 45.9 Å². The van der Waals surface area contributed by atoms with Gasteiger partial charge in [-0.2, -0.15) is 13.2 Å². The Hall–Kier alpha value is -6.95. The number of alkyl carbamates (subject to hydrolysis) is 2. The van der Waals surface area contributed by atoms with Gasteiger partial charge >= 0.3 is 18.4 Å². The molecular formula is C67H94F3N7O8. The van der Waals surface area contributed by atoms with Crippen molar-refractivity contribution >= 4 is 35.8 Å². The van der Waals surface area contributed by atoms with Gasteiger partial charge in [0.15, 0.2) is 0 Å². The van der Waals surface area contributed by atoms with E-state index in [0.717, 1.165) is 24.1 Å². The number of amides is 6. The van der Waals surface area contributed by atoms with Crippen LogP contribution in [0.2, 0.25) is 0 Å². The summed E-state index contributed by atoms with van der Waals surface area (Å²) in [6.07, 6.45) is -3.92. The Morgan fingerprint density at radius 3 is 1.25 bits per heavy atom. The van der Waals surface area contributed by atoms with E-state index in [4.69, 9.17) is 15.2 Å². The topological polar surface area (TPSA) is 193 Å². The zero-order chi connectivity index (χ0) is 63.0. The van der Waals surface area contributed by atoms with E-state index in [2.05, 4.69) is 54.1 Å². The van der Waals surface area contributed by atoms with Crippen molar-refractivity contribution in [3.8, 4) is 0 Å². The van der Waals surface area contributed by atoms with E-state index in [1.807, 2.05) is 162 Å². The monoisotopic (exact) mass is 1180 g/mol. The number of nitrogens with two attached hydrogens (primary N) is 1. The van der Waals surface area contributed by atoms with Crippen LogP contribution in [0.5, 0.6) is 0 Å². The molecule has 0 spiro atoms. The first kappa shape index (κ1) is 68.8. The molecule has 4 heterocycles. The number of likely N-dealkylation sites (tertiary alicyclic amines) is 3. The van der Waals surface area contributed by atoms with Crippen molar-refractivity contribution in [2.24, 2.45) is 11.7 Å². The number of rotatable bonds is 11. The van der Waals surface area contributed by atoms with E-state index in [0.29, 0.717) is 38.3 Å². The number of carbonyl (C=O) groups excluding carboxylic acids is 6. The first-order valence-corrected chi connectivity index (χ1v) is 30.2. The second-order valence-electron chi connectivity index (χ2n) is 24.8. The van der Waals surface area contributed by atoms with Crippen LogP contribution in [0.15, 0.2) is 121 Å². The highest BCUT2D eigenvalue weighted by molar-refractivity contribution is 5.88. The smallest absolute Gasteiger partial charge is 0.408 e. The van der Waals surface area contributed by atoms with E-state index >= 15 is 0 Å². The Morgan fingerprint density at radius 1 is 0.518 bits per heavy atom. The Bertz CT molecular complexity index is 2760. The number of alkyl halides is 3. The molecule has 4 aromatic carbocycles. The Kier molecular flexibility index (Phi) is 25.0. The number of nitrogens with one attached hydrogen (secondary N) is 3. The van der Waals surface area contributed by atoms with Crippen LogP contribution in [0.3, 0.4) is 0 Å². The molecule has 0 bridgehead atoms. The van der Waals surface area contributed by atoms with Gasteiger partial charge in [-0.1, -0.05) is 121 Å². The predicted octanol–water partition coefficient (Wildman–Crippen LogP) is 12.0. The molecule has 466 valence electrons. The zero-order valence-electron chi connectivity index (χ0n) is 52.2. The molecule has 0 aromatic heterocycles. The van der Waals surface area contributed by atoms with Crippen LogP contribution >= 0.6 is 0 Å². The van der Waals surface area contributed by atoms with Gasteiger partial charge in [-0.25, -0.2) is 9.59 Å². The number of ether oxygens (including phenoxy) is 2. The molecule has 0 saturated carbocycles. The number of piperidine rings is 4. The van der Waals surface area contributed by atoms with E-state index < -0.39 is 54.0 Å². The highest BCUT2D eigenvalue weighted by Crippen LogP contribution is 2.40. The standard InChI is InChI=1S/C19H28N2O3.C17H22F3NO.C17H24N2O3.C14H20N2O/c1-6-21-13(2)15(14-10-8-7-9-11-14)12-16(17(21)22)20-18(23)24-19(3,4)5;1-3-21-12(2)15(13-7-5-4-6-8-13)11-14(16(21)22)9-10-17(18,19)20;1-11-13(12-8-6-5-7-9-12)10-14(15(20)18-11)19-16(21)22-17(2,3)4;1-3-16-10(2)12(9-13(15)14(16)17)11-7-5-4-6-8-11/h7-11,13,15-16H,6,12H2,1-5H3,(H,20,23);4-8,12,14-15H,3,9-11H2,1-2H3;5-9,11,13-14H,10H2,1-4H3,(H,18,20)(H,19,21);4-8,10,12-13H,3,9,15H2,1-2H3/t13-,15-,16?;12-,14?,15-;11-,13-,14?;10-,12-,13?/m1111/s1. The lowest BCUT2D eigenvalue weighted by molar-refractivity contribution is -0.150. The minimum absolute atomic E-state index is 0.0158. The van der Waals surface area contributed by atoms with Gasteiger partial charge in [0.25, 0.3) is 0 Å². The van der Waals surface area contributed by atoms with E-state index in [1.54, 1.807) is 25.7 Å². The van der Waals surface area contributed by atoms with Gasteiger partial charge in [0.05, 0.1) is 6.04 Å². The lowest BCUT2D eigenvalue weighted by Crippen LogP contribution is -2.58. The number of carbonyl (C=O) groups is 6. The number of halogens is 3. The van der Waals surface area contributed by atoms with Crippen LogP contribution < -0.4 is 21.7 Å². The number of hydrogen-bond donors (Lipinski definition) is 4. The second kappa shape index (κ2) is 30.9. The van der Waals surface area contributed by atoms with Crippen molar-refractivity contribution < 1.29 is 51.4 Å². The fraction of sp³-hybridized carbons (Fsp3) is 0.552. The van der Waals surface area contributed by atoms with Gasteiger partial charge in [0.2, 0.25) is 23.6 Å². The van der Waals surface area contributed by atoms with E-state index in [-0.39, 0.29) is 78.0 Å². The van der Waals surface area contributed by atoms with Crippen LogP contribution in [0, 0.1) is 5.92 Å². The minimum Gasteiger partial charge on any atom is -0.444 e. The van der Waals surface area contributed by atoms with Crippen molar-refractivity contribution in [3.63, 3.8) is 0 Å². The molecule has 8 rings (SSSR count). The summed E-state index contributed by atoms with van der Waals surface area (Å²) in [7, 11) is 0. The molecule has 0 aliphatic carbocycles. The summed E-state index contributed by atoms with van der Waals surface area (Å²) in [6, 6.07) is 39.2. The molecule has 15 nitrogen and oxygen atoms in total. The van der Waals surface area contributed by atoms with Crippen molar-refractivity contribution in [1.29, 1.82) is 0 Å². The number of nitrogens with zero attached hydrogens (tertiary/aromatic N) is 3. The summed E-state index contributed by atoms with van der Waals surface area (Å²) < 4.78 is 48.0. The molecule has 18 heteroatoms. The second-order valence-corrected chi connectivity index (χ2v) is 24.8.